The molecule has 0 unspecified atom stereocenters. The first-order valence-corrected chi connectivity index (χ1v) is 8.93. The Balaban J connectivity index is 1.48. The Morgan fingerprint density at radius 1 is 1.14 bits per heavy atom. The summed E-state index contributed by atoms with van der Waals surface area (Å²) < 4.78 is 6.34. The molecule has 3 heteroatoms. The molecule has 2 fully saturated rings. The fraction of sp³-hybridized carbons (Fsp3) is 0.684. The van der Waals surface area contributed by atoms with E-state index in [1.807, 2.05) is 0 Å². The van der Waals surface area contributed by atoms with Gasteiger partial charge in [0, 0.05) is 30.7 Å². The predicted molar refractivity (Wildman–Crippen MR) is 87.0 cm³/mol. The van der Waals surface area contributed by atoms with Crippen molar-refractivity contribution in [3.63, 3.8) is 0 Å². The molecule has 1 heterocycles. The van der Waals surface area contributed by atoms with Crippen molar-refractivity contribution in [1.29, 1.82) is 0 Å². The monoisotopic (exact) mass is 301 g/mol. The van der Waals surface area contributed by atoms with Gasteiger partial charge in [0.1, 0.15) is 11.4 Å². The van der Waals surface area contributed by atoms with Gasteiger partial charge >= 0.3 is 0 Å². The van der Waals surface area contributed by atoms with Crippen LogP contribution in [0.5, 0.6) is 5.75 Å². The van der Waals surface area contributed by atoms with E-state index in [1.54, 1.807) is 0 Å². The summed E-state index contributed by atoms with van der Waals surface area (Å²) in [6.07, 6.45) is 9.53. The molecule has 22 heavy (non-hydrogen) atoms. The minimum atomic E-state index is 0.105. The second-order valence-corrected chi connectivity index (χ2v) is 7.50. The highest BCUT2D eigenvalue weighted by atomic mass is 16.5. The second-order valence-electron chi connectivity index (χ2n) is 7.50. The number of benzene rings is 1. The van der Waals surface area contributed by atoms with E-state index in [0.29, 0.717) is 24.6 Å². The maximum Gasteiger partial charge on any atom is 0.124 e. The summed E-state index contributed by atoms with van der Waals surface area (Å²) >= 11 is 0. The molecular weight excluding hydrogens is 274 g/mol. The number of nitrogens with one attached hydrogen (secondary N) is 1. The van der Waals surface area contributed by atoms with Gasteiger partial charge in [0.25, 0.3) is 0 Å². The molecule has 120 valence electrons. The zero-order chi connectivity index (χ0) is 15.0. The van der Waals surface area contributed by atoms with Gasteiger partial charge in [0.05, 0.1) is 0 Å². The number of hydrogen-bond acceptors (Lipinski definition) is 3. The van der Waals surface area contributed by atoms with Crippen LogP contribution in [0.15, 0.2) is 24.3 Å². The van der Waals surface area contributed by atoms with Crippen molar-refractivity contribution < 1.29 is 9.84 Å². The van der Waals surface area contributed by atoms with E-state index in [0.717, 1.165) is 25.0 Å². The summed E-state index contributed by atoms with van der Waals surface area (Å²) in [7, 11) is 0. The van der Waals surface area contributed by atoms with Crippen molar-refractivity contribution >= 4 is 0 Å². The number of rotatable bonds is 3. The number of ether oxygens (including phenoxy) is 1. The van der Waals surface area contributed by atoms with Gasteiger partial charge in [0.15, 0.2) is 0 Å². The summed E-state index contributed by atoms with van der Waals surface area (Å²) in [5, 5.41) is 13.2. The van der Waals surface area contributed by atoms with Crippen LogP contribution in [0, 0.1) is 5.92 Å². The second kappa shape index (κ2) is 5.86. The average molecular weight is 301 g/mol. The van der Waals surface area contributed by atoms with E-state index in [-0.39, 0.29) is 5.60 Å². The summed E-state index contributed by atoms with van der Waals surface area (Å²) in [6, 6.07) is 9.58. The van der Waals surface area contributed by atoms with Crippen LogP contribution in [0.25, 0.3) is 0 Å². The molecule has 2 N–H and O–H groups in total. The van der Waals surface area contributed by atoms with Gasteiger partial charge in [0.2, 0.25) is 0 Å². The highest BCUT2D eigenvalue weighted by molar-refractivity contribution is 5.39. The van der Waals surface area contributed by atoms with Crippen LogP contribution in [-0.4, -0.2) is 23.4 Å². The maximum atomic E-state index is 9.30. The Morgan fingerprint density at radius 2 is 1.91 bits per heavy atom. The molecule has 3 nitrogen and oxygen atoms in total. The minimum absolute atomic E-state index is 0.105. The average Bonchev–Trinajstić information content (AvgIpc) is 2.54. The van der Waals surface area contributed by atoms with Crippen molar-refractivity contribution in [3.8, 4) is 5.75 Å². The fourth-order valence-electron chi connectivity index (χ4n) is 4.44. The topological polar surface area (TPSA) is 41.5 Å². The molecule has 3 aliphatic rings. The number of fused-ring (bicyclic) bond motifs is 1. The number of para-hydroxylation sites is 1. The van der Waals surface area contributed by atoms with Crippen molar-refractivity contribution in [2.75, 3.05) is 6.61 Å². The third-order valence-corrected chi connectivity index (χ3v) is 6.00. The van der Waals surface area contributed by atoms with Gasteiger partial charge in [-0.25, -0.2) is 0 Å². The standard InChI is InChI=1S/C19H27NO2/c21-13-14-6-8-15(9-7-14)20-17-12-19(10-3-11-19)22-18-5-2-1-4-16(17)18/h1-2,4-5,14-15,17,20-21H,3,6-13H2/t14?,15?,17-/m1/s1. The molecule has 2 saturated carbocycles. The fourth-order valence-corrected chi connectivity index (χ4v) is 4.44. The molecular formula is C19H27NO2. The normalized spacial score (nSPS) is 32.9. The van der Waals surface area contributed by atoms with Gasteiger partial charge in [-0.2, -0.15) is 0 Å². The van der Waals surface area contributed by atoms with Crippen LogP contribution < -0.4 is 10.1 Å². The van der Waals surface area contributed by atoms with Crippen LogP contribution in [0.1, 0.15) is 63.0 Å². The minimum Gasteiger partial charge on any atom is -0.487 e. The van der Waals surface area contributed by atoms with Crippen molar-refractivity contribution in [2.24, 2.45) is 5.92 Å². The van der Waals surface area contributed by atoms with Crippen LogP contribution in [0.3, 0.4) is 0 Å². The van der Waals surface area contributed by atoms with E-state index >= 15 is 0 Å². The van der Waals surface area contributed by atoms with Crippen LogP contribution in [-0.2, 0) is 0 Å². The Bertz CT molecular complexity index is 518. The van der Waals surface area contributed by atoms with Crippen LogP contribution >= 0.6 is 0 Å². The lowest BCUT2D eigenvalue weighted by molar-refractivity contribution is -0.0387. The lowest BCUT2D eigenvalue weighted by atomic mass is 9.72. The van der Waals surface area contributed by atoms with Crippen LogP contribution in [0.4, 0.5) is 0 Å². The SMILES string of the molecule is OCC1CCC(N[C@@H]2CC3(CCC3)Oc3ccccc32)CC1. The van der Waals surface area contributed by atoms with Crippen molar-refractivity contribution in [3.05, 3.63) is 29.8 Å². The number of hydrogen-bond donors (Lipinski definition) is 2. The highest BCUT2D eigenvalue weighted by Gasteiger charge is 2.45. The van der Waals surface area contributed by atoms with Gasteiger partial charge in [-0.15, -0.1) is 0 Å². The first-order chi connectivity index (χ1) is 10.8. The van der Waals surface area contributed by atoms with E-state index in [9.17, 15) is 5.11 Å². The summed E-state index contributed by atoms with van der Waals surface area (Å²) in [6.45, 7) is 0.357. The highest BCUT2D eigenvalue weighted by Crippen LogP contribution is 2.49. The van der Waals surface area contributed by atoms with E-state index in [4.69, 9.17) is 4.74 Å². The third kappa shape index (κ3) is 2.65. The summed E-state index contributed by atoms with van der Waals surface area (Å²) in [4.78, 5) is 0. The first-order valence-electron chi connectivity index (χ1n) is 8.93. The Hall–Kier alpha value is -1.06. The zero-order valence-electron chi connectivity index (χ0n) is 13.3. The Kier molecular flexibility index (Phi) is 3.87. The molecule has 0 saturated heterocycles. The van der Waals surface area contributed by atoms with Gasteiger partial charge in [-0.3, -0.25) is 0 Å². The van der Waals surface area contributed by atoms with E-state index in [2.05, 4.69) is 29.6 Å². The quantitative estimate of drug-likeness (QED) is 0.896. The van der Waals surface area contributed by atoms with Gasteiger partial charge in [-0.1, -0.05) is 18.2 Å². The molecule has 2 aliphatic carbocycles. The number of aliphatic hydroxyl groups excluding tert-OH is 1. The predicted octanol–water partition coefficient (Wildman–Crippen LogP) is 3.57. The molecule has 0 amide bonds. The molecule has 0 radical (unpaired) electrons. The van der Waals surface area contributed by atoms with E-state index < -0.39 is 0 Å². The van der Waals surface area contributed by atoms with Gasteiger partial charge < -0.3 is 15.2 Å². The summed E-state index contributed by atoms with van der Waals surface area (Å²) in [5.41, 5.74) is 1.44. The molecule has 1 spiro atoms. The van der Waals surface area contributed by atoms with Gasteiger partial charge in [-0.05, 0) is 56.9 Å². The first kappa shape index (κ1) is 14.5. The molecule has 1 aromatic rings. The molecule has 1 aliphatic heterocycles. The van der Waals surface area contributed by atoms with Crippen molar-refractivity contribution in [1.82, 2.24) is 5.32 Å². The Morgan fingerprint density at radius 3 is 2.59 bits per heavy atom. The van der Waals surface area contributed by atoms with Crippen LogP contribution in [0.2, 0.25) is 0 Å². The lowest BCUT2D eigenvalue weighted by Gasteiger charge is -2.49. The molecule has 0 aromatic heterocycles. The Labute approximate surface area is 133 Å². The largest absolute Gasteiger partial charge is 0.487 e. The maximum absolute atomic E-state index is 9.30. The van der Waals surface area contributed by atoms with E-state index in [1.165, 1.54) is 37.7 Å². The molecule has 0 bridgehead atoms. The van der Waals surface area contributed by atoms with Crippen molar-refractivity contribution in [2.45, 2.75) is 69.1 Å². The smallest absolute Gasteiger partial charge is 0.124 e. The zero-order valence-corrected chi connectivity index (χ0v) is 13.3. The third-order valence-electron chi connectivity index (χ3n) is 6.00. The number of aliphatic hydroxyl groups is 1. The molecule has 1 aromatic carbocycles. The molecule has 1 atom stereocenters. The lowest BCUT2D eigenvalue weighted by Crippen LogP contribution is -2.50. The summed E-state index contributed by atoms with van der Waals surface area (Å²) in [5.74, 6) is 1.62. The molecule has 4 rings (SSSR count).